The minimum absolute atomic E-state index is 0.0378. The molecule has 32 heavy (non-hydrogen) atoms. The summed E-state index contributed by atoms with van der Waals surface area (Å²) in [6.07, 6.45) is 1.69. The molecule has 1 aliphatic heterocycles. The number of fused-ring (bicyclic) bond motifs is 1. The minimum Gasteiger partial charge on any atom is -0.484 e. The first-order chi connectivity index (χ1) is 15.4. The Morgan fingerprint density at radius 3 is 2.19 bits per heavy atom. The monoisotopic (exact) mass is 440 g/mol. The zero-order chi connectivity index (χ0) is 22.9. The van der Waals surface area contributed by atoms with E-state index in [9.17, 15) is 4.79 Å². The van der Waals surface area contributed by atoms with Gasteiger partial charge in [-0.05, 0) is 35.0 Å². The van der Waals surface area contributed by atoms with Crippen LogP contribution in [0.4, 0.5) is 0 Å². The third-order valence-corrected chi connectivity index (χ3v) is 4.95. The molecule has 1 amide bonds. The number of nitrogens with zero attached hydrogens (tertiary/aromatic N) is 2. The van der Waals surface area contributed by atoms with E-state index >= 15 is 0 Å². The number of rotatable bonds is 5. The second-order valence-electron chi connectivity index (χ2n) is 7.14. The molecule has 1 aromatic heterocycles. The summed E-state index contributed by atoms with van der Waals surface area (Å²) in [6.45, 7) is 4.02. The molecule has 1 aliphatic rings. The molecule has 2 heterocycles. The van der Waals surface area contributed by atoms with Crippen molar-refractivity contribution in [2.24, 2.45) is 0 Å². The van der Waals surface area contributed by atoms with Crippen molar-refractivity contribution in [3.63, 3.8) is 0 Å². The van der Waals surface area contributed by atoms with Gasteiger partial charge in [0.2, 0.25) is 0 Å². The first-order valence-electron chi connectivity index (χ1n) is 10.0. The molecule has 0 saturated carbocycles. The number of furan rings is 1. The maximum absolute atomic E-state index is 12.4. The van der Waals surface area contributed by atoms with E-state index in [1.165, 1.54) is 5.39 Å². The van der Waals surface area contributed by atoms with Gasteiger partial charge in [-0.3, -0.25) is 9.69 Å². The summed E-state index contributed by atoms with van der Waals surface area (Å²) >= 11 is 0. The maximum Gasteiger partial charge on any atom is 0.414 e. The van der Waals surface area contributed by atoms with Gasteiger partial charge >= 0.3 is 11.9 Å². The number of piperazine rings is 1. The van der Waals surface area contributed by atoms with Crippen LogP contribution < -0.4 is 4.74 Å². The molecule has 0 unspecified atom stereocenters. The van der Waals surface area contributed by atoms with Crippen LogP contribution in [0.15, 0.2) is 65.3 Å². The highest BCUT2D eigenvalue weighted by Crippen LogP contribution is 2.20. The summed E-state index contributed by atoms with van der Waals surface area (Å²) in [7, 11) is 0. The molecule has 3 aromatic rings. The summed E-state index contributed by atoms with van der Waals surface area (Å²) in [5.41, 5.74) is 0. The van der Waals surface area contributed by atoms with Crippen LogP contribution in [0.5, 0.6) is 5.75 Å². The fourth-order valence-electron chi connectivity index (χ4n) is 3.27. The molecule has 9 heteroatoms. The number of hydrogen-bond acceptors (Lipinski definition) is 6. The summed E-state index contributed by atoms with van der Waals surface area (Å²) < 4.78 is 11.1. The van der Waals surface area contributed by atoms with Crippen LogP contribution in [0, 0.1) is 0 Å². The number of carboxylic acids is 2. The van der Waals surface area contributed by atoms with Crippen LogP contribution in [0.3, 0.4) is 0 Å². The number of carboxylic acid groups (broad SMARTS) is 2. The second kappa shape index (κ2) is 11.0. The van der Waals surface area contributed by atoms with E-state index in [1.54, 1.807) is 6.26 Å². The van der Waals surface area contributed by atoms with E-state index in [-0.39, 0.29) is 12.5 Å². The third kappa shape index (κ3) is 6.58. The largest absolute Gasteiger partial charge is 0.484 e. The molecule has 0 aliphatic carbocycles. The molecule has 2 N–H and O–H groups in total. The van der Waals surface area contributed by atoms with E-state index in [1.807, 2.05) is 53.4 Å². The zero-order valence-electron chi connectivity index (χ0n) is 17.3. The maximum atomic E-state index is 12.4. The quantitative estimate of drug-likeness (QED) is 0.580. The molecular formula is C23H24N2O7. The highest BCUT2D eigenvalue weighted by molar-refractivity contribution is 6.27. The van der Waals surface area contributed by atoms with E-state index in [0.29, 0.717) is 0 Å². The van der Waals surface area contributed by atoms with E-state index < -0.39 is 11.9 Å². The lowest BCUT2D eigenvalue weighted by Crippen LogP contribution is -2.49. The zero-order valence-corrected chi connectivity index (χ0v) is 17.3. The van der Waals surface area contributed by atoms with Crippen LogP contribution in [0.2, 0.25) is 0 Å². The predicted octanol–water partition coefficient (Wildman–Crippen LogP) is 2.31. The lowest BCUT2D eigenvalue weighted by Gasteiger charge is -2.34. The highest BCUT2D eigenvalue weighted by Gasteiger charge is 2.21. The fraction of sp³-hybridized carbons (Fsp3) is 0.261. The van der Waals surface area contributed by atoms with Crippen molar-refractivity contribution >= 4 is 28.6 Å². The Kier molecular flexibility index (Phi) is 7.82. The lowest BCUT2D eigenvalue weighted by atomic mass is 10.1. The average Bonchev–Trinajstić information content (AvgIpc) is 3.31. The Hall–Kier alpha value is -3.85. The fourth-order valence-corrected chi connectivity index (χ4v) is 3.27. The van der Waals surface area contributed by atoms with E-state index in [0.717, 1.165) is 49.6 Å². The summed E-state index contributed by atoms with van der Waals surface area (Å²) in [5.74, 6) is -1.92. The first-order valence-corrected chi connectivity index (χ1v) is 10.0. The number of amides is 1. The van der Waals surface area contributed by atoms with Crippen molar-refractivity contribution in [3.05, 3.63) is 66.6 Å². The van der Waals surface area contributed by atoms with Crippen molar-refractivity contribution in [2.45, 2.75) is 6.54 Å². The SMILES string of the molecule is O=C(COc1ccc2ccccc2c1)N1CCN(Cc2ccco2)CC1.O=C(O)C(=O)O. The molecule has 9 nitrogen and oxygen atoms in total. The number of ether oxygens (including phenoxy) is 1. The van der Waals surface area contributed by atoms with Crippen LogP contribution in [0.1, 0.15) is 5.76 Å². The smallest absolute Gasteiger partial charge is 0.414 e. The Morgan fingerprint density at radius 2 is 1.56 bits per heavy atom. The van der Waals surface area contributed by atoms with Gasteiger partial charge in [-0.2, -0.15) is 0 Å². The summed E-state index contributed by atoms with van der Waals surface area (Å²) in [5, 5.41) is 17.1. The first kappa shape index (κ1) is 22.8. The second-order valence-corrected chi connectivity index (χ2v) is 7.14. The van der Waals surface area contributed by atoms with Gasteiger partial charge in [-0.25, -0.2) is 9.59 Å². The van der Waals surface area contributed by atoms with Crippen LogP contribution in [-0.2, 0) is 20.9 Å². The lowest BCUT2D eigenvalue weighted by molar-refractivity contribution is -0.159. The number of carbonyl (C=O) groups excluding carboxylic acids is 1. The Labute approximate surface area is 184 Å². The molecule has 0 radical (unpaired) electrons. The van der Waals surface area contributed by atoms with Gasteiger partial charge in [0.25, 0.3) is 5.91 Å². The number of carbonyl (C=O) groups is 3. The molecule has 168 valence electrons. The topological polar surface area (TPSA) is 121 Å². The van der Waals surface area contributed by atoms with Crippen LogP contribution >= 0.6 is 0 Å². The molecule has 1 fully saturated rings. The number of aliphatic carboxylic acids is 2. The van der Waals surface area contributed by atoms with Gasteiger partial charge in [0.15, 0.2) is 6.61 Å². The normalized spacial score (nSPS) is 13.8. The van der Waals surface area contributed by atoms with Crippen molar-refractivity contribution in [1.29, 1.82) is 0 Å². The highest BCUT2D eigenvalue weighted by atomic mass is 16.5. The predicted molar refractivity (Wildman–Crippen MR) is 115 cm³/mol. The molecule has 1 saturated heterocycles. The van der Waals surface area contributed by atoms with Gasteiger partial charge in [0.05, 0.1) is 12.8 Å². The Balaban J connectivity index is 0.000000427. The van der Waals surface area contributed by atoms with E-state index in [2.05, 4.69) is 11.0 Å². The van der Waals surface area contributed by atoms with Gasteiger partial charge in [-0.1, -0.05) is 30.3 Å². The Morgan fingerprint density at radius 1 is 0.875 bits per heavy atom. The van der Waals surface area contributed by atoms with Crippen molar-refractivity contribution in [1.82, 2.24) is 9.80 Å². The van der Waals surface area contributed by atoms with Crippen LogP contribution in [0.25, 0.3) is 10.8 Å². The molecule has 0 bridgehead atoms. The standard InChI is InChI=1S/C21H22N2O3.C2H2O4/c24-21(16-26-19-8-7-17-4-1-2-5-18(17)14-19)23-11-9-22(10-12-23)15-20-6-3-13-25-20;3-1(4)2(5)6/h1-8,13-14H,9-12,15-16H2;(H,3,4)(H,5,6). The minimum atomic E-state index is -1.82. The Bertz CT molecular complexity index is 1050. The van der Waals surface area contributed by atoms with Gasteiger partial charge in [-0.15, -0.1) is 0 Å². The average molecular weight is 440 g/mol. The van der Waals surface area contributed by atoms with Crippen LogP contribution in [-0.4, -0.2) is 70.6 Å². The summed E-state index contributed by atoms with van der Waals surface area (Å²) in [4.78, 5) is 34.8. The third-order valence-electron chi connectivity index (χ3n) is 4.95. The van der Waals surface area contributed by atoms with Crippen molar-refractivity contribution < 1.29 is 33.8 Å². The molecule has 0 atom stereocenters. The van der Waals surface area contributed by atoms with E-state index in [4.69, 9.17) is 29.0 Å². The molecule has 4 rings (SSSR count). The van der Waals surface area contributed by atoms with Crippen molar-refractivity contribution in [3.8, 4) is 5.75 Å². The molecular weight excluding hydrogens is 416 g/mol. The van der Waals surface area contributed by atoms with Gasteiger partial charge < -0.3 is 24.3 Å². The number of hydrogen-bond donors (Lipinski definition) is 2. The summed E-state index contributed by atoms with van der Waals surface area (Å²) in [6, 6.07) is 17.9. The van der Waals surface area contributed by atoms with Gasteiger partial charge in [0.1, 0.15) is 11.5 Å². The molecule has 2 aromatic carbocycles. The van der Waals surface area contributed by atoms with Gasteiger partial charge in [0, 0.05) is 26.2 Å². The number of benzene rings is 2. The molecule has 0 spiro atoms. The van der Waals surface area contributed by atoms with Crippen molar-refractivity contribution in [2.75, 3.05) is 32.8 Å².